The second-order valence-corrected chi connectivity index (χ2v) is 6.19. The normalized spacial score (nSPS) is 10.9. The van der Waals surface area contributed by atoms with E-state index in [1.807, 2.05) is 20.8 Å². The highest BCUT2D eigenvalue weighted by Crippen LogP contribution is 2.12. The predicted octanol–water partition coefficient (Wildman–Crippen LogP) is 1.07. The van der Waals surface area contributed by atoms with Crippen molar-refractivity contribution in [2.75, 3.05) is 19.6 Å². The van der Waals surface area contributed by atoms with E-state index in [0.717, 1.165) is 0 Å². The number of hydrogen-bond acceptors (Lipinski definition) is 4. The summed E-state index contributed by atoms with van der Waals surface area (Å²) in [6.07, 6.45) is 2.33. The van der Waals surface area contributed by atoms with E-state index >= 15 is 0 Å². The third-order valence-corrected chi connectivity index (χ3v) is 3.03. The Morgan fingerprint density at radius 3 is 2.35 bits per heavy atom. The molecule has 0 saturated carbocycles. The average molecular weight is 323 g/mol. The minimum atomic E-state index is -0.422. The van der Waals surface area contributed by atoms with E-state index in [9.17, 15) is 14.4 Å². The molecule has 0 fully saturated rings. The summed E-state index contributed by atoms with van der Waals surface area (Å²) in [5.74, 6) is -0.208. The molecule has 128 valence electrons. The summed E-state index contributed by atoms with van der Waals surface area (Å²) in [5, 5.41) is 8.13. The molecule has 1 heterocycles. The Bertz CT molecular complexity index is 518. The number of furan rings is 1. The second-order valence-electron chi connectivity index (χ2n) is 6.19. The van der Waals surface area contributed by atoms with Crippen molar-refractivity contribution in [2.45, 2.75) is 33.6 Å². The van der Waals surface area contributed by atoms with E-state index < -0.39 is 5.41 Å². The van der Waals surface area contributed by atoms with Crippen molar-refractivity contribution in [2.24, 2.45) is 5.41 Å². The first-order chi connectivity index (χ1) is 10.8. The fourth-order valence-corrected chi connectivity index (χ4v) is 1.68. The molecule has 0 aliphatic heterocycles. The van der Waals surface area contributed by atoms with E-state index in [-0.39, 0.29) is 23.5 Å². The Kier molecular flexibility index (Phi) is 7.31. The minimum absolute atomic E-state index is 0.0291. The summed E-state index contributed by atoms with van der Waals surface area (Å²) in [6, 6.07) is 3.20. The quantitative estimate of drug-likeness (QED) is 0.623. The number of hydrogen-bond donors (Lipinski definition) is 3. The van der Waals surface area contributed by atoms with Crippen LogP contribution in [0.4, 0.5) is 0 Å². The van der Waals surface area contributed by atoms with Crippen LogP contribution in [0, 0.1) is 5.41 Å². The smallest absolute Gasteiger partial charge is 0.287 e. The van der Waals surface area contributed by atoms with Gasteiger partial charge < -0.3 is 20.4 Å². The molecule has 3 N–H and O–H groups in total. The Hall–Kier alpha value is -2.31. The van der Waals surface area contributed by atoms with Crippen LogP contribution in [-0.2, 0) is 9.59 Å². The van der Waals surface area contributed by atoms with Crippen molar-refractivity contribution in [3.8, 4) is 0 Å². The topological polar surface area (TPSA) is 100 Å². The van der Waals surface area contributed by atoms with E-state index in [4.69, 9.17) is 4.42 Å². The first kappa shape index (κ1) is 18.7. The monoisotopic (exact) mass is 323 g/mol. The number of carbonyl (C=O) groups is 3. The predicted molar refractivity (Wildman–Crippen MR) is 85.7 cm³/mol. The number of amides is 3. The van der Waals surface area contributed by atoms with Crippen molar-refractivity contribution in [3.05, 3.63) is 24.2 Å². The molecule has 0 spiro atoms. The van der Waals surface area contributed by atoms with Crippen molar-refractivity contribution < 1.29 is 18.8 Å². The van der Waals surface area contributed by atoms with Crippen molar-refractivity contribution in [1.82, 2.24) is 16.0 Å². The lowest BCUT2D eigenvalue weighted by atomic mass is 9.96. The van der Waals surface area contributed by atoms with Crippen LogP contribution in [-0.4, -0.2) is 37.4 Å². The molecule has 1 rings (SSSR count). The molecule has 0 aliphatic carbocycles. The van der Waals surface area contributed by atoms with Gasteiger partial charge in [-0.1, -0.05) is 20.8 Å². The lowest BCUT2D eigenvalue weighted by molar-refractivity contribution is -0.128. The molecular weight excluding hydrogens is 298 g/mol. The fraction of sp³-hybridized carbons (Fsp3) is 0.562. The van der Waals surface area contributed by atoms with Crippen LogP contribution in [0.2, 0.25) is 0 Å². The van der Waals surface area contributed by atoms with E-state index in [2.05, 4.69) is 16.0 Å². The van der Waals surface area contributed by atoms with Gasteiger partial charge in [-0.3, -0.25) is 14.4 Å². The lowest BCUT2D eigenvalue weighted by Crippen LogP contribution is -2.36. The first-order valence-corrected chi connectivity index (χ1v) is 7.67. The zero-order chi connectivity index (χ0) is 17.3. The third-order valence-electron chi connectivity index (χ3n) is 3.03. The molecule has 0 saturated heterocycles. The minimum Gasteiger partial charge on any atom is -0.459 e. The van der Waals surface area contributed by atoms with Crippen LogP contribution in [0.5, 0.6) is 0 Å². The van der Waals surface area contributed by atoms with Crippen LogP contribution >= 0.6 is 0 Å². The summed E-state index contributed by atoms with van der Waals surface area (Å²) in [6.45, 7) is 6.66. The van der Waals surface area contributed by atoms with Crippen LogP contribution < -0.4 is 16.0 Å². The number of nitrogens with one attached hydrogen (secondary N) is 3. The van der Waals surface area contributed by atoms with Gasteiger partial charge in [0.05, 0.1) is 6.26 Å². The third kappa shape index (κ3) is 7.49. The molecule has 1 aromatic rings. The van der Waals surface area contributed by atoms with Gasteiger partial charge in [-0.05, 0) is 18.6 Å². The molecule has 0 aromatic carbocycles. The Morgan fingerprint density at radius 1 is 1.04 bits per heavy atom. The molecule has 0 radical (unpaired) electrons. The van der Waals surface area contributed by atoms with Gasteiger partial charge in [-0.25, -0.2) is 0 Å². The fourth-order valence-electron chi connectivity index (χ4n) is 1.68. The summed E-state index contributed by atoms with van der Waals surface area (Å²) in [4.78, 5) is 34.8. The molecule has 0 bridgehead atoms. The molecule has 23 heavy (non-hydrogen) atoms. The van der Waals surface area contributed by atoms with Crippen LogP contribution in [0.1, 0.15) is 44.2 Å². The maximum Gasteiger partial charge on any atom is 0.287 e. The molecular formula is C16H25N3O4. The van der Waals surface area contributed by atoms with Crippen molar-refractivity contribution >= 4 is 17.7 Å². The maximum atomic E-state index is 11.6. The molecule has 1 aromatic heterocycles. The average Bonchev–Trinajstić information content (AvgIpc) is 3.01. The van der Waals surface area contributed by atoms with Gasteiger partial charge >= 0.3 is 0 Å². The van der Waals surface area contributed by atoms with E-state index in [1.54, 1.807) is 12.1 Å². The zero-order valence-corrected chi connectivity index (χ0v) is 13.9. The zero-order valence-electron chi connectivity index (χ0n) is 13.9. The van der Waals surface area contributed by atoms with E-state index in [0.29, 0.717) is 32.5 Å². The van der Waals surface area contributed by atoms with Gasteiger partial charge in [0.1, 0.15) is 0 Å². The SMILES string of the molecule is CC(C)(C)C(=O)NCCCC(=O)NCCNC(=O)c1ccco1. The highest BCUT2D eigenvalue weighted by Gasteiger charge is 2.20. The largest absolute Gasteiger partial charge is 0.459 e. The summed E-state index contributed by atoms with van der Waals surface area (Å²) in [7, 11) is 0. The standard InChI is InChI=1S/C16H25N3O4/c1-16(2,3)15(22)19-8-4-7-13(20)17-9-10-18-14(21)12-6-5-11-23-12/h5-6,11H,4,7-10H2,1-3H3,(H,17,20)(H,18,21)(H,19,22). The molecule has 7 heteroatoms. The van der Waals surface area contributed by atoms with Gasteiger partial charge in [0.25, 0.3) is 5.91 Å². The molecule has 3 amide bonds. The van der Waals surface area contributed by atoms with Gasteiger partial charge in [0.15, 0.2) is 5.76 Å². The number of carbonyl (C=O) groups excluding carboxylic acids is 3. The lowest BCUT2D eigenvalue weighted by Gasteiger charge is -2.17. The van der Waals surface area contributed by atoms with Crippen LogP contribution in [0.25, 0.3) is 0 Å². The van der Waals surface area contributed by atoms with Gasteiger partial charge in [-0.15, -0.1) is 0 Å². The Labute approximate surface area is 136 Å². The summed E-state index contributed by atoms with van der Waals surface area (Å²) in [5.41, 5.74) is -0.422. The number of rotatable bonds is 8. The highest BCUT2D eigenvalue weighted by molar-refractivity contribution is 5.91. The summed E-state index contributed by atoms with van der Waals surface area (Å²) < 4.78 is 4.95. The maximum absolute atomic E-state index is 11.6. The Balaban J connectivity index is 2.04. The van der Waals surface area contributed by atoms with Crippen LogP contribution in [0.3, 0.4) is 0 Å². The van der Waals surface area contributed by atoms with E-state index in [1.165, 1.54) is 6.26 Å². The second kappa shape index (κ2) is 8.97. The molecule has 0 atom stereocenters. The van der Waals surface area contributed by atoms with Gasteiger partial charge in [0.2, 0.25) is 11.8 Å². The first-order valence-electron chi connectivity index (χ1n) is 7.67. The van der Waals surface area contributed by atoms with Crippen LogP contribution in [0.15, 0.2) is 22.8 Å². The Morgan fingerprint density at radius 2 is 1.74 bits per heavy atom. The molecule has 0 unspecified atom stereocenters. The van der Waals surface area contributed by atoms with Gasteiger partial charge in [-0.2, -0.15) is 0 Å². The highest BCUT2D eigenvalue weighted by atomic mass is 16.3. The van der Waals surface area contributed by atoms with Gasteiger partial charge in [0, 0.05) is 31.5 Å². The van der Waals surface area contributed by atoms with Crippen molar-refractivity contribution in [1.29, 1.82) is 0 Å². The molecule has 7 nitrogen and oxygen atoms in total. The molecule has 0 aliphatic rings. The summed E-state index contributed by atoms with van der Waals surface area (Å²) >= 11 is 0. The van der Waals surface area contributed by atoms with Crippen molar-refractivity contribution in [3.63, 3.8) is 0 Å².